The number of aromatic nitrogens is 3. The number of urea groups is 1. The molecule has 3 amide bonds. The van der Waals surface area contributed by atoms with Crippen LogP contribution in [0.15, 0.2) is 35.7 Å². The third kappa shape index (κ3) is 4.27. The van der Waals surface area contributed by atoms with Crippen LogP contribution in [0, 0.1) is 0 Å². The normalized spacial score (nSPS) is 14.9. The molecule has 7 nitrogen and oxygen atoms in total. The van der Waals surface area contributed by atoms with Gasteiger partial charge in [0.15, 0.2) is 5.16 Å². The number of benzene rings is 1. The summed E-state index contributed by atoms with van der Waals surface area (Å²) in [6.45, 7) is 1.71. The van der Waals surface area contributed by atoms with Gasteiger partial charge >= 0.3 is 6.03 Å². The molecule has 2 N–H and O–H groups in total. The Morgan fingerprint density at radius 1 is 1.42 bits per heavy atom. The van der Waals surface area contributed by atoms with Crippen LogP contribution in [0.1, 0.15) is 19.8 Å². The van der Waals surface area contributed by atoms with Crippen LogP contribution in [0.5, 0.6) is 0 Å². The van der Waals surface area contributed by atoms with E-state index in [1.807, 2.05) is 12.1 Å². The highest BCUT2D eigenvalue weighted by Gasteiger charge is 2.25. The topological polar surface area (TPSA) is 88.9 Å². The van der Waals surface area contributed by atoms with Gasteiger partial charge in [0, 0.05) is 11.1 Å². The minimum absolute atomic E-state index is 0.201. The molecule has 1 aromatic carbocycles. The Hall–Kier alpha value is -2.06. The number of amides is 3. The molecule has 2 aromatic rings. The molecule has 1 aliphatic rings. The molecular weight excluding hydrogens is 350 g/mol. The molecule has 1 unspecified atom stereocenters. The number of carbonyl (C=O) groups is 2. The maximum atomic E-state index is 12.1. The molecule has 0 bridgehead atoms. The first-order chi connectivity index (χ1) is 11.5. The summed E-state index contributed by atoms with van der Waals surface area (Å²) in [5, 5.41) is 13.6. The average molecular weight is 366 g/mol. The van der Waals surface area contributed by atoms with Crippen LogP contribution >= 0.6 is 23.4 Å². The first kappa shape index (κ1) is 16.8. The number of carbonyl (C=O) groups excluding carboxylic acids is 2. The number of thioether (sulfide) groups is 1. The third-order valence-electron chi connectivity index (χ3n) is 3.40. The van der Waals surface area contributed by atoms with Crippen molar-refractivity contribution in [3.8, 4) is 5.69 Å². The van der Waals surface area contributed by atoms with Gasteiger partial charge in [-0.3, -0.25) is 14.7 Å². The van der Waals surface area contributed by atoms with Gasteiger partial charge < -0.3 is 5.32 Å². The van der Waals surface area contributed by atoms with Gasteiger partial charge in [-0.1, -0.05) is 29.4 Å². The van der Waals surface area contributed by atoms with Crippen LogP contribution in [0.2, 0.25) is 5.02 Å². The van der Waals surface area contributed by atoms with Gasteiger partial charge in [-0.15, -0.1) is 10.2 Å². The molecule has 0 spiro atoms. The van der Waals surface area contributed by atoms with Crippen LogP contribution in [0.4, 0.5) is 4.79 Å². The van der Waals surface area contributed by atoms with E-state index in [0.29, 0.717) is 10.2 Å². The maximum absolute atomic E-state index is 12.1. The van der Waals surface area contributed by atoms with E-state index in [9.17, 15) is 9.59 Å². The maximum Gasteiger partial charge on any atom is 0.321 e. The Kier molecular flexibility index (Phi) is 5.06. The van der Waals surface area contributed by atoms with Crippen LogP contribution in [-0.4, -0.2) is 38.0 Å². The van der Waals surface area contributed by atoms with Crippen LogP contribution in [0.3, 0.4) is 0 Å². The van der Waals surface area contributed by atoms with E-state index in [1.54, 1.807) is 30.0 Å². The van der Waals surface area contributed by atoms with Gasteiger partial charge in [-0.2, -0.15) is 0 Å². The summed E-state index contributed by atoms with van der Waals surface area (Å²) in [5.41, 5.74) is 0.800. The average Bonchev–Trinajstić information content (AvgIpc) is 3.22. The Morgan fingerprint density at radius 2 is 2.21 bits per heavy atom. The fraction of sp³-hybridized carbons (Fsp3) is 0.333. The molecule has 1 aromatic heterocycles. The molecule has 9 heteroatoms. The minimum Gasteiger partial charge on any atom is -0.335 e. The lowest BCUT2D eigenvalue weighted by atomic mass is 10.3. The molecule has 24 heavy (non-hydrogen) atoms. The van der Waals surface area contributed by atoms with Crippen molar-refractivity contribution in [1.82, 2.24) is 25.4 Å². The summed E-state index contributed by atoms with van der Waals surface area (Å²) >= 11 is 7.22. The zero-order chi connectivity index (χ0) is 17.1. The fourth-order valence-corrected chi connectivity index (χ4v) is 3.01. The summed E-state index contributed by atoms with van der Waals surface area (Å²) in [6.07, 6.45) is 3.49. The number of nitrogens with zero attached hydrogens (tertiary/aromatic N) is 3. The van der Waals surface area contributed by atoms with Crippen LogP contribution in [-0.2, 0) is 4.79 Å². The molecular formula is C15H16ClN5O2S. The lowest BCUT2D eigenvalue weighted by Gasteiger charge is -2.12. The molecule has 1 saturated carbocycles. The number of halogens is 1. The molecule has 126 valence electrons. The molecule has 0 saturated heterocycles. The van der Waals surface area contributed by atoms with Gasteiger partial charge in [0.25, 0.3) is 0 Å². The lowest BCUT2D eigenvalue weighted by molar-refractivity contribution is -0.119. The van der Waals surface area contributed by atoms with Crippen molar-refractivity contribution in [2.24, 2.45) is 0 Å². The van der Waals surface area contributed by atoms with Crippen molar-refractivity contribution in [2.75, 3.05) is 0 Å². The lowest BCUT2D eigenvalue weighted by Crippen LogP contribution is -2.43. The molecule has 3 rings (SSSR count). The monoisotopic (exact) mass is 365 g/mol. The van der Waals surface area contributed by atoms with E-state index < -0.39 is 11.3 Å². The number of rotatable bonds is 5. The van der Waals surface area contributed by atoms with Gasteiger partial charge in [-0.25, -0.2) is 4.79 Å². The highest BCUT2D eigenvalue weighted by atomic mass is 35.5. The molecule has 1 heterocycles. The Morgan fingerprint density at radius 3 is 2.92 bits per heavy atom. The van der Waals surface area contributed by atoms with Gasteiger partial charge in [0.05, 0.1) is 10.9 Å². The molecule has 0 radical (unpaired) electrons. The summed E-state index contributed by atoms with van der Waals surface area (Å²) in [5.74, 6) is -0.376. The van der Waals surface area contributed by atoms with Crippen molar-refractivity contribution in [1.29, 1.82) is 0 Å². The Labute approximate surface area is 148 Å². The largest absolute Gasteiger partial charge is 0.335 e. The smallest absolute Gasteiger partial charge is 0.321 e. The number of imide groups is 1. The van der Waals surface area contributed by atoms with E-state index in [-0.39, 0.29) is 11.9 Å². The molecule has 1 atom stereocenters. The van der Waals surface area contributed by atoms with E-state index in [0.717, 1.165) is 18.5 Å². The fourth-order valence-electron chi connectivity index (χ4n) is 1.98. The number of nitrogens with one attached hydrogen (secondary N) is 2. The highest BCUT2D eigenvalue weighted by Crippen LogP contribution is 2.25. The summed E-state index contributed by atoms with van der Waals surface area (Å²) in [6, 6.07) is 7.00. The predicted molar refractivity (Wildman–Crippen MR) is 91.4 cm³/mol. The first-order valence-electron chi connectivity index (χ1n) is 7.47. The minimum atomic E-state index is -0.503. The van der Waals surface area contributed by atoms with E-state index in [1.165, 1.54) is 11.8 Å². The zero-order valence-electron chi connectivity index (χ0n) is 12.9. The van der Waals surface area contributed by atoms with Crippen molar-refractivity contribution in [3.63, 3.8) is 0 Å². The van der Waals surface area contributed by atoms with Gasteiger partial charge in [0.2, 0.25) is 5.91 Å². The van der Waals surface area contributed by atoms with Crippen LogP contribution in [0.25, 0.3) is 5.69 Å². The predicted octanol–water partition coefficient (Wildman–Crippen LogP) is 2.39. The first-order valence-corrected chi connectivity index (χ1v) is 8.72. The zero-order valence-corrected chi connectivity index (χ0v) is 14.5. The summed E-state index contributed by atoms with van der Waals surface area (Å²) < 4.78 is 1.74. The van der Waals surface area contributed by atoms with Crippen molar-refractivity contribution in [2.45, 2.75) is 36.2 Å². The molecule has 1 aliphatic carbocycles. The van der Waals surface area contributed by atoms with E-state index in [2.05, 4.69) is 20.8 Å². The third-order valence-corrected chi connectivity index (χ3v) is 4.70. The standard InChI is InChI=1S/C15H16ClN5O2S/c1-9(13(22)19-14(23)18-11-5-6-11)24-15-20-17-8-21(15)12-4-2-3-10(16)7-12/h2-4,7-9,11H,5-6H2,1H3,(H2,18,19,22,23). The molecule has 1 fully saturated rings. The second kappa shape index (κ2) is 7.23. The number of hydrogen-bond donors (Lipinski definition) is 2. The van der Waals surface area contributed by atoms with Crippen molar-refractivity contribution >= 4 is 35.3 Å². The second-order valence-corrected chi connectivity index (χ2v) is 7.20. The van der Waals surface area contributed by atoms with Gasteiger partial charge in [-0.05, 0) is 38.0 Å². The summed E-state index contributed by atoms with van der Waals surface area (Å²) in [4.78, 5) is 23.7. The second-order valence-electron chi connectivity index (χ2n) is 5.46. The van der Waals surface area contributed by atoms with Crippen LogP contribution < -0.4 is 10.6 Å². The molecule has 0 aliphatic heterocycles. The SMILES string of the molecule is CC(Sc1nncn1-c1cccc(Cl)c1)C(=O)NC(=O)NC1CC1. The van der Waals surface area contributed by atoms with Crippen molar-refractivity contribution in [3.05, 3.63) is 35.6 Å². The van der Waals surface area contributed by atoms with Gasteiger partial charge in [0.1, 0.15) is 6.33 Å². The Bertz CT molecular complexity index is 762. The van der Waals surface area contributed by atoms with E-state index in [4.69, 9.17) is 11.6 Å². The quantitative estimate of drug-likeness (QED) is 0.794. The highest BCUT2D eigenvalue weighted by molar-refractivity contribution is 8.00. The van der Waals surface area contributed by atoms with Crippen molar-refractivity contribution < 1.29 is 9.59 Å². The number of hydrogen-bond acceptors (Lipinski definition) is 5. The Balaban J connectivity index is 1.64. The van der Waals surface area contributed by atoms with E-state index >= 15 is 0 Å². The summed E-state index contributed by atoms with van der Waals surface area (Å²) in [7, 11) is 0.